The van der Waals surface area contributed by atoms with E-state index >= 15 is 0 Å². The van der Waals surface area contributed by atoms with Gasteiger partial charge in [0.25, 0.3) is 0 Å². The first kappa shape index (κ1) is 16.5. The number of fused-ring (bicyclic) bond motifs is 1. The molecule has 1 aliphatic heterocycles. The first-order valence-corrected chi connectivity index (χ1v) is 8.55. The van der Waals surface area contributed by atoms with E-state index in [1.165, 1.54) is 17.2 Å². The molecule has 0 atom stereocenters. The summed E-state index contributed by atoms with van der Waals surface area (Å²) < 4.78 is 4.76. The molecule has 1 saturated heterocycles. The third-order valence-electron chi connectivity index (χ3n) is 4.94. The summed E-state index contributed by atoms with van der Waals surface area (Å²) in [5.41, 5.74) is 4.06. The minimum atomic E-state index is -0.462. The second-order valence-electron chi connectivity index (χ2n) is 6.51. The molecule has 8 nitrogen and oxygen atoms in total. The summed E-state index contributed by atoms with van der Waals surface area (Å²) in [6.07, 6.45) is 0. The Labute approximate surface area is 150 Å². The molecule has 26 heavy (non-hydrogen) atoms. The number of benzene rings is 2. The normalized spacial score (nSPS) is 15.5. The molecule has 8 heteroatoms. The van der Waals surface area contributed by atoms with E-state index in [1.54, 1.807) is 6.07 Å². The molecule has 0 radical (unpaired) electrons. The highest BCUT2D eigenvalue weighted by atomic mass is 16.6. The number of anilines is 1. The molecule has 0 unspecified atom stereocenters. The van der Waals surface area contributed by atoms with E-state index < -0.39 is 4.92 Å². The lowest BCUT2D eigenvalue weighted by atomic mass is 10.1. The maximum absolute atomic E-state index is 11.1. The molecule has 0 saturated carbocycles. The Balaban J connectivity index is 1.49. The van der Waals surface area contributed by atoms with Crippen molar-refractivity contribution in [3.8, 4) is 0 Å². The van der Waals surface area contributed by atoms with Gasteiger partial charge in [0, 0.05) is 38.8 Å². The van der Waals surface area contributed by atoms with Crippen molar-refractivity contribution in [3.63, 3.8) is 0 Å². The zero-order valence-electron chi connectivity index (χ0n) is 14.5. The summed E-state index contributed by atoms with van der Waals surface area (Å²) in [6.45, 7) is 6.55. The molecule has 1 aliphatic rings. The number of nitro benzene ring substituents is 1. The Morgan fingerprint density at radius 2 is 1.81 bits per heavy atom. The third-order valence-corrected chi connectivity index (χ3v) is 4.94. The molecule has 4 rings (SSSR count). The lowest BCUT2D eigenvalue weighted by Gasteiger charge is -2.36. The van der Waals surface area contributed by atoms with Crippen LogP contribution in [0.1, 0.15) is 11.1 Å². The van der Waals surface area contributed by atoms with Crippen LogP contribution in [0.4, 0.5) is 11.4 Å². The molecule has 1 fully saturated rings. The first-order valence-electron chi connectivity index (χ1n) is 8.55. The highest BCUT2D eigenvalue weighted by Gasteiger charge is 2.25. The summed E-state index contributed by atoms with van der Waals surface area (Å²) >= 11 is 0. The van der Waals surface area contributed by atoms with Gasteiger partial charge < -0.3 is 4.90 Å². The number of aromatic nitrogens is 2. The molecule has 2 heterocycles. The number of aryl methyl sites for hydroxylation is 1. The number of rotatable bonds is 4. The van der Waals surface area contributed by atoms with Crippen LogP contribution in [0, 0.1) is 17.0 Å². The van der Waals surface area contributed by atoms with E-state index in [0.29, 0.717) is 5.52 Å². The SMILES string of the molecule is Cc1ccccc1CN1CCN(c2ccc([N+](=O)[O-])c3nonc23)CC1. The summed E-state index contributed by atoms with van der Waals surface area (Å²) in [5.74, 6) is 0. The van der Waals surface area contributed by atoms with Crippen molar-refractivity contribution in [2.75, 3.05) is 31.1 Å². The van der Waals surface area contributed by atoms with Gasteiger partial charge in [-0.1, -0.05) is 24.3 Å². The van der Waals surface area contributed by atoms with Crippen molar-refractivity contribution in [2.45, 2.75) is 13.5 Å². The quantitative estimate of drug-likeness (QED) is 0.526. The zero-order valence-corrected chi connectivity index (χ0v) is 14.5. The van der Waals surface area contributed by atoms with Crippen LogP contribution in [0.3, 0.4) is 0 Å². The number of nitro groups is 1. The van der Waals surface area contributed by atoms with Crippen molar-refractivity contribution in [2.24, 2.45) is 0 Å². The topological polar surface area (TPSA) is 88.5 Å². The lowest BCUT2D eigenvalue weighted by molar-refractivity contribution is -0.383. The van der Waals surface area contributed by atoms with Crippen molar-refractivity contribution >= 4 is 22.4 Å². The van der Waals surface area contributed by atoms with Gasteiger partial charge in [-0.05, 0) is 34.4 Å². The van der Waals surface area contributed by atoms with Gasteiger partial charge in [-0.3, -0.25) is 15.0 Å². The molecule has 1 aromatic heterocycles. The van der Waals surface area contributed by atoms with Crippen molar-refractivity contribution in [1.82, 2.24) is 15.2 Å². The fourth-order valence-electron chi connectivity index (χ4n) is 3.42. The van der Waals surface area contributed by atoms with E-state index in [1.807, 2.05) is 0 Å². The van der Waals surface area contributed by atoms with Gasteiger partial charge in [0.1, 0.15) is 0 Å². The summed E-state index contributed by atoms with van der Waals surface area (Å²) in [5, 5.41) is 18.7. The van der Waals surface area contributed by atoms with Gasteiger partial charge >= 0.3 is 5.69 Å². The molecule has 0 bridgehead atoms. The van der Waals surface area contributed by atoms with Crippen molar-refractivity contribution < 1.29 is 9.55 Å². The highest BCUT2D eigenvalue weighted by Crippen LogP contribution is 2.31. The summed E-state index contributed by atoms with van der Waals surface area (Å²) in [7, 11) is 0. The molecule has 134 valence electrons. The monoisotopic (exact) mass is 353 g/mol. The summed E-state index contributed by atoms with van der Waals surface area (Å²) in [4.78, 5) is 15.3. The van der Waals surface area contributed by atoms with Crippen LogP contribution in [0.15, 0.2) is 41.0 Å². The molecule has 0 N–H and O–H groups in total. The molecule has 0 amide bonds. The van der Waals surface area contributed by atoms with Crippen LogP contribution in [-0.2, 0) is 6.54 Å². The molecule has 0 aliphatic carbocycles. The van der Waals surface area contributed by atoms with Gasteiger partial charge in [0.2, 0.25) is 5.52 Å². The van der Waals surface area contributed by atoms with E-state index in [-0.39, 0.29) is 11.2 Å². The molecular weight excluding hydrogens is 334 g/mol. The Hall–Kier alpha value is -3.00. The number of hydrogen-bond donors (Lipinski definition) is 0. The van der Waals surface area contributed by atoms with E-state index in [9.17, 15) is 10.1 Å². The van der Waals surface area contributed by atoms with Gasteiger partial charge in [0.15, 0.2) is 5.52 Å². The predicted molar refractivity (Wildman–Crippen MR) is 97.1 cm³/mol. The smallest absolute Gasteiger partial charge is 0.300 e. The van der Waals surface area contributed by atoms with Gasteiger partial charge in [-0.2, -0.15) is 0 Å². The third kappa shape index (κ3) is 2.99. The minimum absolute atomic E-state index is 0.0804. The van der Waals surface area contributed by atoms with Crippen molar-refractivity contribution in [1.29, 1.82) is 0 Å². The largest absolute Gasteiger partial charge is 0.367 e. The molecule has 0 spiro atoms. The maximum Gasteiger partial charge on any atom is 0.300 e. The Morgan fingerprint density at radius 1 is 1.08 bits per heavy atom. The average Bonchev–Trinajstić information content (AvgIpc) is 3.13. The fourth-order valence-corrected chi connectivity index (χ4v) is 3.42. The Morgan fingerprint density at radius 3 is 2.54 bits per heavy atom. The van der Waals surface area contributed by atoms with Crippen LogP contribution >= 0.6 is 0 Å². The van der Waals surface area contributed by atoms with Crippen LogP contribution in [0.5, 0.6) is 0 Å². The number of non-ortho nitro benzene ring substituents is 1. The van der Waals surface area contributed by atoms with Crippen LogP contribution in [0.25, 0.3) is 11.0 Å². The first-order chi connectivity index (χ1) is 12.6. The zero-order chi connectivity index (χ0) is 18.1. The molecular formula is C18H19N5O3. The Kier molecular flexibility index (Phi) is 4.26. The molecule has 2 aromatic carbocycles. The second-order valence-corrected chi connectivity index (χ2v) is 6.51. The summed E-state index contributed by atoms with van der Waals surface area (Å²) in [6, 6.07) is 11.6. The standard InChI is InChI=1S/C18H19N5O3/c1-13-4-2-3-5-14(13)12-21-8-10-22(11-9-21)15-6-7-16(23(24)25)18-17(15)19-26-20-18/h2-7H,8-12H2,1H3. The van der Waals surface area contributed by atoms with Crippen LogP contribution < -0.4 is 4.90 Å². The van der Waals surface area contributed by atoms with Gasteiger partial charge in [0.05, 0.1) is 10.6 Å². The number of nitrogens with zero attached hydrogens (tertiary/aromatic N) is 5. The van der Waals surface area contributed by atoms with Gasteiger partial charge in [-0.15, -0.1) is 0 Å². The minimum Gasteiger partial charge on any atom is -0.367 e. The lowest BCUT2D eigenvalue weighted by Crippen LogP contribution is -2.46. The fraction of sp³-hybridized carbons (Fsp3) is 0.333. The van der Waals surface area contributed by atoms with Crippen LogP contribution in [0.2, 0.25) is 0 Å². The van der Waals surface area contributed by atoms with Crippen LogP contribution in [-0.4, -0.2) is 46.3 Å². The van der Waals surface area contributed by atoms with E-state index in [4.69, 9.17) is 4.63 Å². The van der Waals surface area contributed by atoms with Crippen molar-refractivity contribution in [3.05, 3.63) is 57.6 Å². The number of piperazine rings is 1. The average molecular weight is 353 g/mol. The number of hydrogen-bond acceptors (Lipinski definition) is 7. The van der Waals surface area contributed by atoms with E-state index in [0.717, 1.165) is 38.4 Å². The van der Waals surface area contributed by atoms with Gasteiger partial charge in [-0.25, -0.2) is 4.63 Å². The highest BCUT2D eigenvalue weighted by molar-refractivity contribution is 5.93. The predicted octanol–water partition coefficient (Wildman–Crippen LogP) is 2.76. The molecule has 3 aromatic rings. The van der Waals surface area contributed by atoms with E-state index in [2.05, 4.69) is 51.3 Å². The second kappa shape index (κ2) is 6.72. The Bertz CT molecular complexity index is 947. The maximum atomic E-state index is 11.1.